The second kappa shape index (κ2) is 5.63. The normalized spacial score (nSPS) is 20.1. The van der Waals surface area contributed by atoms with Crippen molar-refractivity contribution >= 4 is 8.58 Å². The Morgan fingerprint density at radius 1 is 1.20 bits per heavy atom. The van der Waals surface area contributed by atoms with Crippen LogP contribution in [0.1, 0.15) is 18.4 Å². The molecule has 1 heterocycles. The van der Waals surface area contributed by atoms with Crippen LogP contribution in [0.2, 0.25) is 0 Å². The van der Waals surface area contributed by atoms with E-state index < -0.39 is 0 Å². The third-order valence-electron chi connectivity index (χ3n) is 3.24. The van der Waals surface area contributed by atoms with Crippen molar-refractivity contribution in [3.8, 4) is 0 Å². The van der Waals surface area contributed by atoms with Crippen LogP contribution < -0.4 is 0 Å². The van der Waals surface area contributed by atoms with Gasteiger partial charge in [0.15, 0.2) is 0 Å². The van der Waals surface area contributed by atoms with Crippen molar-refractivity contribution in [1.29, 1.82) is 0 Å². The lowest BCUT2D eigenvalue weighted by molar-refractivity contribution is 0.224. The van der Waals surface area contributed by atoms with Gasteiger partial charge in [0.1, 0.15) is 0 Å². The van der Waals surface area contributed by atoms with Crippen LogP contribution in [-0.4, -0.2) is 30.3 Å². The summed E-state index contributed by atoms with van der Waals surface area (Å²) in [5.41, 5.74) is 2.46. The second-order valence-electron chi connectivity index (χ2n) is 4.32. The summed E-state index contributed by atoms with van der Waals surface area (Å²) in [6.07, 6.45) is 2.81. The summed E-state index contributed by atoms with van der Waals surface area (Å²) in [5.74, 6) is 0. The van der Waals surface area contributed by atoms with E-state index in [-0.39, 0.29) is 0 Å². The summed E-state index contributed by atoms with van der Waals surface area (Å²) < 4.78 is 0. The molecule has 0 N–H and O–H groups in total. The maximum atomic E-state index is 2.59. The lowest BCUT2D eigenvalue weighted by atomic mass is 10.1. The fourth-order valence-corrected chi connectivity index (χ4v) is 3.06. The largest absolute Gasteiger partial charge is 0.299 e. The highest BCUT2D eigenvalue weighted by molar-refractivity contribution is 7.37. The summed E-state index contributed by atoms with van der Waals surface area (Å²) in [4.78, 5) is 2.59. The summed E-state index contributed by atoms with van der Waals surface area (Å²) in [6.45, 7) is 6.07. The minimum Gasteiger partial charge on any atom is -0.299 e. The molecule has 1 aliphatic heterocycles. The number of nitrogens with zero attached hydrogens (tertiary/aromatic N) is 1. The molecule has 2 rings (SSSR count). The van der Waals surface area contributed by atoms with Crippen LogP contribution in [0.5, 0.6) is 0 Å². The molecule has 0 aliphatic carbocycles. The Labute approximate surface area is 94.7 Å². The van der Waals surface area contributed by atoms with Crippen LogP contribution in [0.4, 0.5) is 0 Å². The number of likely N-dealkylation sites (tertiary alicyclic amines) is 1. The molecule has 1 unspecified atom stereocenters. The summed E-state index contributed by atoms with van der Waals surface area (Å²) in [6, 6.07) is 10.8. The van der Waals surface area contributed by atoms with Crippen LogP contribution in [0.15, 0.2) is 30.3 Å². The molecular weight excluding hydrogens is 201 g/mol. The Morgan fingerprint density at radius 2 is 1.87 bits per heavy atom. The van der Waals surface area contributed by atoms with Crippen molar-refractivity contribution in [3.63, 3.8) is 0 Å². The molecule has 0 spiro atoms. The number of rotatable bonds is 3. The van der Waals surface area contributed by atoms with Gasteiger partial charge >= 0.3 is 0 Å². The first kappa shape index (κ1) is 11.1. The van der Waals surface area contributed by atoms with Crippen molar-refractivity contribution in [1.82, 2.24) is 4.90 Å². The monoisotopic (exact) mass is 221 g/mol. The van der Waals surface area contributed by atoms with Gasteiger partial charge in [-0.05, 0) is 43.8 Å². The standard InChI is InChI=1S/C13H20NP/c1-15-13-7-9-14(10-8-13)11-12-5-3-2-4-6-12/h2-6,13,15H,7-11H2,1H3. The summed E-state index contributed by atoms with van der Waals surface area (Å²) in [5, 5.41) is 0. The van der Waals surface area contributed by atoms with Gasteiger partial charge in [0.2, 0.25) is 0 Å². The van der Waals surface area contributed by atoms with Crippen molar-refractivity contribution < 1.29 is 0 Å². The summed E-state index contributed by atoms with van der Waals surface area (Å²) >= 11 is 0. The quantitative estimate of drug-likeness (QED) is 0.709. The number of piperidine rings is 1. The maximum absolute atomic E-state index is 2.59. The second-order valence-corrected chi connectivity index (χ2v) is 5.72. The van der Waals surface area contributed by atoms with Crippen molar-refractivity contribution in [2.24, 2.45) is 0 Å². The first-order valence-corrected chi connectivity index (χ1v) is 7.40. The van der Waals surface area contributed by atoms with Crippen LogP contribution in [0.25, 0.3) is 0 Å². The van der Waals surface area contributed by atoms with Gasteiger partial charge in [0.05, 0.1) is 0 Å². The maximum Gasteiger partial charge on any atom is 0.0233 e. The van der Waals surface area contributed by atoms with Crippen LogP contribution in [0.3, 0.4) is 0 Å². The molecule has 1 aliphatic rings. The van der Waals surface area contributed by atoms with E-state index in [1.54, 1.807) is 0 Å². The molecule has 15 heavy (non-hydrogen) atoms. The zero-order valence-corrected chi connectivity index (χ0v) is 10.4. The fourth-order valence-electron chi connectivity index (χ4n) is 2.22. The Balaban J connectivity index is 1.82. The van der Waals surface area contributed by atoms with E-state index in [4.69, 9.17) is 0 Å². The topological polar surface area (TPSA) is 3.24 Å². The SMILES string of the molecule is CPC1CCN(Cc2ccccc2)CC1. The zero-order valence-electron chi connectivity index (χ0n) is 9.45. The van der Waals surface area contributed by atoms with Gasteiger partial charge in [-0.15, -0.1) is 8.58 Å². The minimum atomic E-state index is 1.01. The molecule has 1 fully saturated rings. The van der Waals surface area contributed by atoms with Crippen molar-refractivity contribution in [3.05, 3.63) is 35.9 Å². The highest BCUT2D eigenvalue weighted by Crippen LogP contribution is 2.26. The first-order chi connectivity index (χ1) is 7.38. The number of benzene rings is 1. The van der Waals surface area contributed by atoms with Crippen molar-refractivity contribution in [2.75, 3.05) is 19.8 Å². The predicted molar refractivity (Wildman–Crippen MR) is 69.0 cm³/mol. The lowest BCUT2D eigenvalue weighted by Crippen LogP contribution is -2.33. The van der Waals surface area contributed by atoms with Crippen LogP contribution >= 0.6 is 8.58 Å². The molecule has 82 valence electrons. The van der Waals surface area contributed by atoms with Gasteiger partial charge in [-0.25, -0.2) is 0 Å². The average molecular weight is 221 g/mol. The fraction of sp³-hybridized carbons (Fsp3) is 0.538. The van der Waals surface area contributed by atoms with Gasteiger partial charge in [0, 0.05) is 6.54 Å². The molecule has 1 aromatic carbocycles. The van der Waals surface area contributed by atoms with E-state index in [1.807, 2.05) is 0 Å². The van der Waals surface area contributed by atoms with Crippen molar-refractivity contribution in [2.45, 2.75) is 25.0 Å². The molecule has 1 aromatic rings. The van der Waals surface area contributed by atoms with Gasteiger partial charge in [-0.2, -0.15) is 0 Å². The molecule has 1 atom stereocenters. The molecule has 1 saturated heterocycles. The molecule has 0 saturated carbocycles. The Hall–Kier alpha value is -0.390. The zero-order chi connectivity index (χ0) is 10.5. The summed E-state index contributed by atoms with van der Waals surface area (Å²) in [7, 11) is 1.14. The molecule has 0 bridgehead atoms. The molecule has 0 amide bonds. The highest BCUT2D eigenvalue weighted by atomic mass is 31.1. The molecular formula is C13H20NP. The third-order valence-corrected chi connectivity index (χ3v) is 4.64. The van der Waals surface area contributed by atoms with Gasteiger partial charge in [-0.3, -0.25) is 4.90 Å². The number of hydrogen-bond donors (Lipinski definition) is 0. The Morgan fingerprint density at radius 3 is 2.47 bits per heavy atom. The lowest BCUT2D eigenvalue weighted by Gasteiger charge is -2.31. The van der Waals surface area contributed by atoms with Gasteiger partial charge in [-0.1, -0.05) is 30.3 Å². The highest BCUT2D eigenvalue weighted by Gasteiger charge is 2.17. The van der Waals surface area contributed by atoms with Gasteiger partial charge < -0.3 is 0 Å². The van der Waals surface area contributed by atoms with E-state index in [0.717, 1.165) is 20.8 Å². The Bertz CT molecular complexity index is 278. The molecule has 2 heteroatoms. The number of hydrogen-bond acceptors (Lipinski definition) is 1. The van der Waals surface area contributed by atoms with Gasteiger partial charge in [0.25, 0.3) is 0 Å². The van der Waals surface area contributed by atoms with Crippen LogP contribution in [0, 0.1) is 0 Å². The average Bonchev–Trinajstić information content (AvgIpc) is 2.31. The van der Waals surface area contributed by atoms with E-state index in [1.165, 1.54) is 31.5 Å². The predicted octanol–water partition coefficient (Wildman–Crippen LogP) is 2.96. The molecule has 0 aromatic heterocycles. The molecule has 1 nitrogen and oxygen atoms in total. The van der Waals surface area contributed by atoms with E-state index >= 15 is 0 Å². The smallest absolute Gasteiger partial charge is 0.0233 e. The van der Waals surface area contributed by atoms with Crippen LogP contribution in [-0.2, 0) is 6.54 Å². The van der Waals surface area contributed by atoms with E-state index in [9.17, 15) is 0 Å². The first-order valence-electron chi connectivity index (χ1n) is 5.82. The van der Waals surface area contributed by atoms with E-state index in [2.05, 4.69) is 41.9 Å². The Kier molecular flexibility index (Phi) is 4.17. The van der Waals surface area contributed by atoms with E-state index in [0.29, 0.717) is 0 Å². The molecule has 0 radical (unpaired) electrons. The third kappa shape index (κ3) is 3.29. The minimum absolute atomic E-state index is 1.01.